The van der Waals surface area contributed by atoms with Crippen LogP contribution in [0.3, 0.4) is 0 Å². The zero-order valence-corrected chi connectivity index (χ0v) is 13.0. The van der Waals surface area contributed by atoms with E-state index in [1.54, 1.807) is 0 Å². The number of nitrogens with zero attached hydrogens (tertiary/aromatic N) is 1. The molecular formula is C16H22ClFN2O. The Morgan fingerprint density at radius 1 is 1.24 bits per heavy atom. The monoisotopic (exact) mass is 312 g/mol. The number of rotatable bonds is 5. The number of halogens is 2. The molecule has 21 heavy (non-hydrogen) atoms. The Bertz CT molecular complexity index is 453. The second-order valence-electron chi connectivity index (χ2n) is 5.46. The lowest BCUT2D eigenvalue weighted by atomic mass is 10.2. The minimum atomic E-state index is -0.576. The van der Waals surface area contributed by atoms with E-state index in [4.69, 9.17) is 11.6 Å². The number of nitrogens with one attached hydrogen (secondary N) is 1. The largest absolute Gasteiger partial charge is 0.352 e. The molecule has 1 aliphatic rings. The highest BCUT2D eigenvalue weighted by Gasteiger charge is 2.15. The SMILES string of the molecule is O=C(NCCCN1CCCCCC1)c1c(F)cccc1Cl. The number of carbonyl (C=O) groups excluding carboxylic acids is 1. The zero-order chi connectivity index (χ0) is 15.1. The molecule has 116 valence electrons. The molecule has 1 N–H and O–H groups in total. The van der Waals surface area contributed by atoms with Crippen molar-refractivity contribution in [2.75, 3.05) is 26.2 Å². The quantitative estimate of drug-likeness (QED) is 0.844. The van der Waals surface area contributed by atoms with E-state index in [1.807, 2.05) is 0 Å². The van der Waals surface area contributed by atoms with E-state index in [-0.39, 0.29) is 10.6 Å². The van der Waals surface area contributed by atoms with Crippen molar-refractivity contribution in [3.05, 3.63) is 34.6 Å². The van der Waals surface area contributed by atoms with Gasteiger partial charge in [-0.05, 0) is 51.0 Å². The molecule has 1 amide bonds. The molecule has 0 saturated carbocycles. The predicted octanol–water partition coefficient (Wildman–Crippen LogP) is 3.48. The molecular weight excluding hydrogens is 291 g/mol. The summed E-state index contributed by atoms with van der Waals surface area (Å²) in [5.74, 6) is -1.01. The Hall–Kier alpha value is -1.13. The molecule has 1 heterocycles. The van der Waals surface area contributed by atoms with Gasteiger partial charge in [0.25, 0.3) is 5.91 Å². The molecule has 0 atom stereocenters. The zero-order valence-electron chi connectivity index (χ0n) is 12.2. The van der Waals surface area contributed by atoms with Crippen LogP contribution in [0.5, 0.6) is 0 Å². The minimum absolute atomic E-state index is 0.0612. The second kappa shape index (κ2) is 8.35. The van der Waals surface area contributed by atoms with Crippen LogP contribution in [0.25, 0.3) is 0 Å². The third-order valence-corrected chi connectivity index (χ3v) is 4.14. The fourth-order valence-electron chi connectivity index (χ4n) is 2.67. The van der Waals surface area contributed by atoms with Crippen LogP contribution in [0, 0.1) is 5.82 Å². The van der Waals surface area contributed by atoms with Gasteiger partial charge >= 0.3 is 0 Å². The van der Waals surface area contributed by atoms with Crippen molar-refractivity contribution in [3.8, 4) is 0 Å². The maximum Gasteiger partial charge on any atom is 0.255 e. The lowest BCUT2D eigenvalue weighted by molar-refractivity contribution is 0.0948. The standard InChI is InChI=1S/C16H22ClFN2O/c17-13-7-5-8-14(18)15(13)16(21)19-9-6-12-20-10-3-1-2-4-11-20/h5,7-8H,1-4,6,9-12H2,(H,19,21). The molecule has 0 radical (unpaired) electrons. The second-order valence-corrected chi connectivity index (χ2v) is 5.87. The molecule has 0 bridgehead atoms. The van der Waals surface area contributed by atoms with Crippen LogP contribution < -0.4 is 5.32 Å². The maximum atomic E-state index is 13.6. The van der Waals surface area contributed by atoms with Gasteiger partial charge in [0, 0.05) is 6.54 Å². The average Bonchev–Trinajstić information content (AvgIpc) is 2.72. The van der Waals surface area contributed by atoms with E-state index in [0.29, 0.717) is 6.54 Å². The summed E-state index contributed by atoms with van der Waals surface area (Å²) in [7, 11) is 0. The van der Waals surface area contributed by atoms with Crippen LogP contribution in [0.2, 0.25) is 5.02 Å². The number of likely N-dealkylation sites (tertiary alicyclic amines) is 1. The summed E-state index contributed by atoms with van der Waals surface area (Å²) in [5.41, 5.74) is -0.0612. The van der Waals surface area contributed by atoms with Crippen LogP contribution in [0.4, 0.5) is 4.39 Å². The Morgan fingerprint density at radius 2 is 1.95 bits per heavy atom. The lowest BCUT2D eigenvalue weighted by Crippen LogP contribution is -2.31. The molecule has 2 rings (SSSR count). The molecule has 1 aromatic rings. The Kier molecular flexibility index (Phi) is 6.46. The number of carbonyl (C=O) groups is 1. The van der Waals surface area contributed by atoms with Crippen LogP contribution in [-0.4, -0.2) is 37.0 Å². The first-order chi connectivity index (χ1) is 10.2. The minimum Gasteiger partial charge on any atom is -0.352 e. The van der Waals surface area contributed by atoms with Crippen LogP contribution in [-0.2, 0) is 0 Å². The highest BCUT2D eigenvalue weighted by Crippen LogP contribution is 2.18. The molecule has 1 aliphatic heterocycles. The van der Waals surface area contributed by atoms with Gasteiger partial charge < -0.3 is 10.2 Å². The third-order valence-electron chi connectivity index (χ3n) is 3.83. The maximum absolute atomic E-state index is 13.6. The van der Waals surface area contributed by atoms with Gasteiger partial charge in [-0.2, -0.15) is 0 Å². The molecule has 0 aromatic heterocycles. The van der Waals surface area contributed by atoms with Crippen molar-refractivity contribution < 1.29 is 9.18 Å². The van der Waals surface area contributed by atoms with E-state index in [0.717, 1.165) is 26.1 Å². The van der Waals surface area contributed by atoms with E-state index in [1.165, 1.54) is 43.9 Å². The predicted molar refractivity (Wildman–Crippen MR) is 83.3 cm³/mol. The first-order valence-electron chi connectivity index (χ1n) is 7.63. The third kappa shape index (κ3) is 4.97. The first kappa shape index (κ1) is 16.2. The fourth-order valence-corrected chi connectivity index (χ4v) is 2.92. The first-order valence-corrected chi connectivity index (χ1v) is 8.01. The number of benzene rings is 1. The van der Waals surface area contributed by atoms with E-state index in [9.17, 15) is 9.18 Å². The topological polar surface area (TPSA) is 32.3 Å². The number of hydrogen-bond acceptors (Lipinski definition) is 2. The summed E-state index contributed by atoms with van der Waals surface area (Å²) < 4.78 is 13.6. The van der Waals surface area contributed by atoms with Crippen molar-refractivity contribution in [2.24, 2.45) is 0 Å². The summed E-state index contributed by atoms with van der Waals surface area (Å²) in [4.78, 5) is 14.4. The van der Waals surface area contributed by atoms with Crippen LogP contribution in [0.1, 0.15) is 42.5 Å². The molecule has 3 nitrogen and oxygen atoms in total. The molecule has 1 fully saturated rings. The summed E-state index contributed by atoms with van der Waals surface area (Å²) in [6.45, 7) is 3.81. The Balaban J connectivity index is 1.74. The summed E-state index contributed by atoms with van der Waals surface area (Å²) in [6.07, 6.45) is 6.03. The highest BCUT2D eigenvalue weighted by molar-refractivity contribution is 6.33. The van der Waals surface area contributed by atoms with Gasteiger partial charge in [0.15, 0.2) is 0 Å². The number of amides is 1. The van der Waals surface area contributed by atoms with Crippen molar-refractivity contribution in [1.82, 2.24) is 10.2 Å². The fraction of sp³-hybridized carbons (Fsp3) is 0.562. The van der Waals surface area contributed by atoms with Crippen molar-refractivity contribution >= 4 is 17.5 Å². The van der Waals surface area contributed by atoms with Crippen LogP contribution in [0.15, 0.2) is 18.2 Å². The summed E-state index contributed by atoms with van der Waals surface area (Å²) >= 11 is 5.87. The molecule has 1 aromatic carbocycles. The van der Waals surface area contributed by atoms with E-state index >= 15 is 0 Å². The molecule has 5 heteroatoms. The normalized spacial score (nSPS) is 16.5. The lowest BCUT2D eigenvalue weighted by Gasteiger charge is -2.19. The average molecular weight is 313 g/mol. The molecule has 1 saturated heterocycles. The van der Waals surface area contributed by atoms with Gasteiger partial charge in [0.2, 0.25) is 0 Å². The van der Waals surface area contributed by atoms with Gasteiger partial charge in [0.05, 0.1) is 10.6 Å². The van der Waals surface area contributed by atoms with Crippen molar-refractivity contribution in [3.63, 3.8) is 0 Å². The molecule has 0 unspecified atom stereocenters. The van der Waals surface area contributed by atoms with Crippen molar-refractivity contribution in [1.29, 1.82) is 0 Å². The van der Waals surface area contributed by atoms with Gasteiger partial charge in [-0.1, -0.05) is 30.5 Å². The van der Waals surface area contributed by atoms with Gasteiger partial charge in [0.1, 0.15) is 5.82 Å². The molecule has 0 spiro atoms. The van der Waals surface area contributed by atoms with Crippen molar-refractivity contribution in [2.45, 2.75) is 32.1 Å². The Labute approximate surface area is 130 Å². The smallest absolute Gasteiger partial charge is 0.255 e. The van der Waals surface area contributed by atoms with Gasteiger partial charge in [-0.15, -0.1) is 0 Å². The molecule has 0 aliphatic carbocycles. The summed E-state index contributed by atoms with van der Waals surface area (Å²) in [5, 5.41) is 2.90. The highest BCUT2D eigenvalue weighted by atomic mass is 35.5. The van der Waals surface area contributed by atoms with E-state index < -0.39 is 11.7 Å². The van der Waals surface area contributed by atoms with Gasteiger partial charge in [-0.25, -0.2) is 4.39 Å². The van der Waals surface area contributed by atoms with Gasteiger partial charge in [-0.3, -0.25) is 4.79 Å². The van der Waals surface area contributed by atoms with Crippen LogP contribution >= 0.6 is 11.6 Å². The Morgan fingerprint density at radius 3 is 2.62 bits per heavy atom. The van der Waals surface area contributed by atoms with E-state index in [2.05, 4.69) is 10.2 Å². The number of hydrogen-bond donors (Lipinski definition) is 1. The summed E-state index contributed by atoms with van der Waals surface area (Å²) in [6, 6.07) is 4.27.